The first kappa shape index (κ1) is 19.4. The Balaban J connectivity index is 1.49. The standard InChI is InChI=1S/C20H21F2N3O4/c1-11-4-5-29-17-10-24-9-13(6-16(26)18(24)20(28)25(11)17)19(27)23-8-12-2-3-14(21)7-15(12)22/h2-3,7,9,11,17,26H,4-6,8,10H2,1H3,(H,23,27)/t11-,17?/m1/s1. The highest BCUT2D eigenvalue weighted by atomic mass is 19.1. The minimum atomic E-state index is -0.752. The largest absolute Gasteiger partial charge is 0.510 e. The number of aliphatic hydroxyl groups is 1. The monoisotopic (exact) mass is 405 g/mol. The van der Waals surface area contributed by atoms with Gasteiger partial charge in [0.15, 0.2) is 6.23 Å². The molecular formula is C20H21F2N3O4. The second kappa shape index (κ2) is 7.47. The lowest BCUT2D eigenvalue weighted by molar-refractivity contribution is -0.170. The highest BCUT2D eigenvalue weighted by Crippen LogP contribution is 2.33. The van der Waals surface area contributed by atoms with Crippen LogP contribution < -0.4 is 5.32 Å². The van der Waals surface area contributed by atoms with Gasteiger partial charge in [0.2, 0.25) is 5.91 Å². The molecule has 154 valence electrons. The number of fused-ring (bicyclic) bond motifs is 2. The van der Waals surface area contributed by atoms with Crippen molar-refractivity contribution in [1.82, 2.24) is 15.1 Å². The number of piperazine rings is 1. The summed E-state index contributed by atoms with van der Waals surface area (Å²) in [5, 5.41) is 13.0. The molecule has 1 aromatic rings. The second-order valence-corrected chi connectivity index (χ2v) is 7.37. The Kier molecular flexibility index (Phi) is 4.99. The van der Waals surface area contributed by atoms with Crippen molar-refractivity contribution in [3.05, 3.63) is 58.6 Å². The van der Waals surface area contributed by atoms with Crippen molar-refractivity contribution in [3.63, 3.8) is 0 Å². The van der Waals surface area contributed by atoms with E-state index in [0.717, 1.165) is 18.6 Å². The van der Waals surface area contributed by atoms with Gasteiger partial charge in [0.05, 0.1) is 13.2 Å². The fraction of sp³-hybridized carbons (Fsp3) is 0.400. The second-order valence-electron chi connectivity index (χ2n) is 7.37. The molecular weight excluding hydrogens is 384 g/mol. The van der Waals surface area contributed by atoms with E-state index in [1.807, 2.05) is 6.92 Å². The SMILES string of the molecule is C[C@@H]1CCOC2CN3C=C(C(=O)NCc4ccc(F)cc4F)CC(O)=C3C(=O)N21. The van der Waals surface area contributed by atoms with E-state index < -0.39 is 23.8 Å². The summed E-state index contributed by atoms with van der Waals surface area (Å²) in [4.78, 5) is 28.5. The van der Waals surface area contributed by atoms with Gasteiger partial charge < -0.3 is 25.0 Å². The molecule has 2 atom stereocenters. The molecule has 2 amide bonds. The number of benzene rings is 1. The third-order valence-corrected chi connectivity index (χ3v) is 5.40. The number of nitrogens with zero attached hydrogens (tertiary/aromatic N) is 2. The molecule has 7 nitrogen and oxygen atoms in total. The fourth-order valence-electron chi connectivity index (χ4n) is 3.85. The van der Waals surface area contributed by atoms with E-state index in [0.29, 0.717) is 13.2 Å². The third-order valence-electron chi connectivity index (χ3n) is 5.40. The lowest BCUT2D eigenvalue weighted by Crippen LogP contribution is -2.61. The molecule has 2 fully saturated rings. The van der Waals surface area contributed by atoms with Crippen LogP contribution in [0, 0.1) is 11.6 Å². The Morgan fingerprint density at radius 3 is 2.93 bits per heavy atom. The number of halogens is 2. The summed E-state index contributed by atoms with van der Waals surface area (Å²) in [6.07, 6.45) is 1.68. The summed E-state index contributed by atoms with van der Waals surface area (Å²) in [5.41, 5.74) is 0.531. The van der Waals surface area contributed by atoms with Gasteiger partial charge in [0, 0.05) is 42.4 Å². The van der Waals surface area contributed by atoms with Gasteiger partial charge in [-0.05, 0) is 19.4 Å². The number of carbonyl (C=O) groups excluding carboxylic acids is 2. The third kappa shape index (κ3) is 3.57. The number of hydrogen-bond donors (Lipinski definition) is 2. The quantitative estimate of drug-likeness (QED) is 0.803. The van der Waals surface area contributed by atoms with E-state index >= 15 is 0 Å². The van der Waals surface area contributed by atoms with E-state index in [4.69, 9.17) is 4.74 Å². The van der Waals surface area contributed by atoms with Crippen molar-refractivity contribution in [2.24, 2.45) is 0 Å². The zero-order valence-corrected chi connectivity index (χ0v) is 15.8. The minimum Gasteiger partial charge on any atom is -0.510 e. The van der Waals surface area contributed by atoms with Gasteiger partial charge in [-0.25, -0.2) is 8.78 Å². The van der Waals surface area contributed by atoms with Gasteiger partial charge in [-0.1, -0.05) is 6.07 Å². The van der Waals surface area contributed by atoms with Gasteiger partial charge in [-0.15, -0.1) is 0 Å². The van der Waals surface area contributed by atoms with Crippen LogP contribution in [0.25, 0.3) is 0 Å². The molecule has 3 aliphatic rings. The van der Waals surface area contributed by atoms with Crippen LogP contribution >= 0.6 is 0 Å². The Morgan fingerprint density at radius 2 is 2.17 bits per heavy atom. The summed E-state index contributed by atoms with van der Waals surface area (Å²) >= 11 is 0. The normalized spacial score (nSPS) is 24.1. The number of hydrogen-bond acceptors (Lipinski definition) is 5. The highest BCUT2D eigenvalue weighted by Gasteiger charge is 2.44. The molecule has 0 radical (unpaired) electrons. The smallest absolute Gasteiger partial charge is 0.276 e. The van der Waals surface area contributed by atoms with Gasteiger partial charge in [-0.2, -0.15) is 0 Å². The summed E-state index contributed by atoms with van der Waals surface area (Å²) < 4.78 is 32.4. The van der Waals surface area contributed by atoms with Crippen LogP contribution in [-0.2, 0) is 20.9 Å². The van der Waals surface area contributed by atoms with Crippen LogP contribution in [0.3, 0.4) is 0 Å². The Morgan fingerprint density at radius 1 is 1.38 bits per heavy atom. The average molecular weight is 405 g/mol. The van der Waals surface area contributed by atoms with Gasteiger partial charge in [-0.3, -0.25) is 9.59 Å². The molecule has 0 saturated carbocycles. The van der Waals surface area contributed by atoms with Gasteiger partial charge >= 0.3 is 0 Å². The number of amides is 2. The van der Waals surface area contributed by atoms with Crippen LogP contribution in [0.2, 0.25) is 0 Å². The summed E-state index contributed by atoms with van der Waals surface area (Å²) in [6.45, 7) is 2.65. The van der Waals surface area contributed by atoms with Gasteiger partial charge in [0.1, 0.15) is 23.1 Å². The molecule has 2 saturated heterocycles. The molecule has 29 heavy (non-hydrogen) atoms. The van der Waals surface area contributed by atoms with Gasteiger partial charge in [0.25, 0.3) is 5.91 Å². The molecule has 2 N–H and O–H groups in total. The molecule has 0 spiro atoms. The molecule has 0 aliphatic carbocycles. The zero-order valence-electron chi connectivity index (χ0n) is 15.8. The van der Waals surface area contributed by atoms with E-state index in [-0.39, 0.29) is 47.5 Å². The fourth-order valence-corrected chi connectivity index (χ4v) is 3.85. The van der Waals surface area contributed by atoms with E-state index in [1.54, 1.807) is 4.90 Å². The van der Waals surface area contributed by atoms with Crippen LogP contribution in [0.1, 0.15) is 25.3 Å². The number of carbonyl (C=O) groups is 2. The molecule has 0 bridgehead atoms. The molecule has 4 rings (SSSR count). The zero-order chi connectivity index (χ0) is 20.7. The first-order chi connectivity index (χ1) is 13.8. The van der Waals surface area contributed by atoms with Crippen LogP contribution in [0.15, 0.2) is 41.4 Å². The summed E-state index contributed by atoms with van der Waals surface area (Å²) in [6, 6.07) is 3.12. The topological polar surface area (TPSA) is 82.1 Å². The molecule has 0 aromatic heterocycles. The number of rotatable bonds is 3. The Hall–Kier alpha value is -2.94. The number of ether oxygens (including phenoxy) is 1. The maximum Gasteiger partial charge on any atom is 0.276 e. The van der Waals surface area contributed by atoms with E-state index in [2.05, 4.69) is 5.32 Å². The van der Waals surface area contributed by atoms with Crippen LogP contribution in [-0.4, -0.2) is 52.1 Å². The summed E-state index contributed by atoms with van der Waals surface area (Å²) in [5.74, 6) is -2.47. The first-order valence-corrected chi connectivity index (χ1v) is 9.41. The Labute approximate surface area is 166 Å². The van der Waals surface area contributed by atoms with E-state index in [1.165, 1.54) is 17.2 Å². The predicted molar refractivity (Wildman–Crippen MR) is 97.9 cm³/mol. The van der Waals surface area contributed by atoms with Crippen molar-refractivity contribution >= 4 is 11.8 Å². The maximum atomic E-state index is 13.7. The van der Waals surface area contributed by atoms with Crippen molar-refractivity contribution in [3.8, 4) is 0 Å². The lowest BCUT2D eigenvalue weighted by atomic mass is 10.0. The number of aliphatic hydroxyl groups excluding tert-OH is 1. The van der Waals surface area contributed by atoms with Crippen LogP contribution in [0.4, 0.5) is 8.78 Å². The van der Waals surface area contributed by atoms with Crippen molar-refractivity contribution in [2.75, 3.05) is 13.2 Å². The molecule has 3 aliphatic heterocycles. The van der Waals surface area contributed by atoms with Crippen molar-refractivity contribution in [1.29, 1.82) is 0 Å². The molecule has 1 aromatic carbocycles. The molecule has 3 heterocycles. The predicted octanol–water partition coefficient (Wildman–Crippen LogP) is 1.92. The van der Waals surface area contributed by atoms with Crippen LogP contribution in [0.5, 0.6) is 0 Å². The van der Waals surface area contributed by atoms with Crippen molar-refractivity contribution < 1.29 is 28.2 Å². The summed E-state index contributed by atoms with van der Waals surface area (Å²) in [7, 11) is 0. The van der Waals surface area contributed by atoms with Crippen molar-refractivity contribution in [2.45, 2.75) is 38.6 Å². The number of allylic oxidation sites excluding steroid dienone is 1. The maximum absolute atomic E-state index is 13.7. The Bertz CT molecular complexity index is 930. The minimum absolute atomic E-state index is 0.00276. The highest BCUT2D eigenvalue weighted by molar-refractivity contribution is 5.98. The number of nitrogens with one attached hydrogen (secondary N) is 1. The molecule has 1 unspecified atom stereocenters. The average Bonchev–Trinajstić information content (AvgIpc) is 2.66. The first-order valence-electron chi connectivity index (χ1n) is 9.41. The van der Waals surface area contributed by atoms with E-state index in [9.17, 15) is 23.5 Å². The lowest BCUT2D eigenvalue weighted by Gasteiger charge is -2.48. The molecule has 9 heteroatoms.